The molecule has 0 spiro atoms. The highest BCUT2D eigenvalue weighted by Gasteiger charge is 2.25. The summed E-state index contributed by atoms with van der Waals surface area (Å²) in [5.41, 5.74) is 6.21. The minimum atomic E-state index is -0.903. The molecular formula is C13H18N2O3. The first-order chi connectivity index (χ1) is 8.35. The van der Waals surface area contributed by atoms with Gasteiger partial charge in [0, 0.05) is 5.69 Å². The lowest BCUT2D eigenvalue weighted by atomic mass is 9.99. The van der Waals surface area contributed by atoms with Crippen molar-refractivity contribution < 1.29 is 14.7 Å². The predicted molar refractivity (Wildman–Crippen MR) is 69.3 cm³/mol. The van der Waals surface area contributed by atoms with E-state index in [1.54, 1.807) is 31.2 Å². The Kier molecular flexibility index (Phi) is 4.44. The third-order valence-electron chi connectivity index (χ3n) is 2.82. The summed E-state index contributed by atoms with van der Waals surface area (Å²) < 4.78 is 0. The number of carboxylic acids is 1. The van der Waals surface area contributed by atoms with Crippen molar-refractivity contribution in [2.24, 2.45) is 5.73 Å². The SMILES string of the molecule is CCC(C)(N)C(=O)Nc1ccc(CC(=O)O)cc1. The van der Waals surface area contributed by atoms with Gasteiger partial charge in [0.2, 0.25) is 5.91 Å². The monoisotopic (exact) mass is 250 g/mol. The Morgan fingerprint density at radius 1 is 1.33 bits per heavy atom. The molecule has 1 amide bonds. The number of anilines is 1. The fourth-order valence-electron chi connectivity index (χ4n) is 1.31. The Hall–Kier alpha value is -1.88. The lowest BCUT2D eigenvalue weighted by Crippen LogP contribution is -2.47. The van der Waals surface area contributed by atoms with Crippen molar-refractivity contribution in [2.45, 2.75) is 32.2 Å². The van der Waals surface area contributed by atoms with Crippen LogP contribution in [0.2, 0.25) is 0 Å². The molecule has 0 saturated carbocycles. The molecule has 5 heteroatoms. The van der Waals surface area contributed by atoms with Gasteiger partial charge in [-0.05, 0) is 31.0 Å². The van der Waals surface area contributed by atoms with E-state index in [0.29, 0.717) is 17.7 Å². The van der Waals surface area contributed by atoms with Gasteiger partial charge in [0.25, 0.3) is 0 Å². The van der Waals surface area contributed by atoms with E-state index >= 15 is 0 Å². The van der Waals surface area contributed by atoms with Crippen LogP contribution in [-0.2, 0) is 16.0 Å². The van der Waals surface area contributed by atoms with Crippen LogP contribution in [0.3, 0.4) is 0 Å². The van der Waals surface area contributed by atoms with Crippen molar-refractivity contribution in [3.63, 3.8) is 0 Å². The van der Waals surface area contributed by atoms with Gasteiger partial charge in [0.1, 0.15) is 0 Å². The third-order valence-corrected chi connectivity index (χ3v) is 2.82. The van der Waals surface area contributed by atoms with Crippen LogP contribution in [0, 0.1) is 0 Å². The van der Waals surface area contributed by atoms with Crippen LogP contribution in [0.1, 0.15) is 25.8 Å². The molecule has 0 fully saturated rings. The number of amides is 1. The molecule has 98 valence electrons. The van der Waals surface area contributed by atoms with Gasteiger partial charge in [-0.2, -0.15) is 0 Å². The number of benzene rings is 1. The zero-order chi connectivity index (χ0) is 13.8. The fourth-order valence-corrected chi connectivity index (χ4v) is 1.31. The summed E-state index contributed by atoms with van der Waals surface area (Å²) in [6.07, 6.45) is 0.508. The topological polar surface area (TPSA) is 92.4 Å². The predicted octanol–water partition coefficient (Wildman–Crippen LogP) is 1.38. The van der Waals surface area contributed by atoms with Crippen molar-refractivity contribution in [1.82, 2.24) is 0 Å². The van der Waals surface area contributed by atoms with Crippen molar-refractivity contribution in [1.29, 1.82) is 0 Å². The van der Waals surface area contributed by atoms with E-state index in [1.165, 1.54) is 0 Å². The molecule has 0 radical (unpaired) electrons. The summed E-state index contributed by atoms with van der Waals surface area (Å²) in [5.74, 6) is -1.14. The molecule has 0 aromatic heterocycles. The maximum absolute atomic E-state index is 11.8. The van der Waals surface area contributed by atoms with E-state index in [4.69, 9.17) is 10.8 Å². The second-order valence-electron chi connectivity index (χ2n) is 4.49. The van der Waals surface area contributed by atoms with E-state index in [2.05, 4.69) is 5.32 Å². The molecule has 0 aliphatic heterocycles. The first-order valence-corrected chi connectivity index (χ1v) is 5.76. The second-order valence-corrected chi connectivity index (χ2v) is 4.49. The molecule has 18 heavy (non-hydrogen) atoms. The highest BCUT2D eigenvalue weighted by Crippen LogP contribution is 2.13. The van der Waals surface area contributed by atoms with Crippen molar-refractivity contribution in [3.05, 3.63) is 29.8 Å². The van der Waals surface area contributed by atoms with Gasteiger partial charge >= 0.3 is 5.97 Å². The fraction of sp³-hybridized carbons (Fsp3) is 0.385. The Morgan fingerprint density at radius 2 is 1.89 bits per heavy atom. The lowest BCUT2D eigenvalue weighted by Gasteiger charge is -2.21. The number of carbonyl (C=O) groups is 2. The maximum Gasteiger partial charge on any atom is 0.307 e. The van der Waals surface area contributed by atoms with Crippen molar-refractivity contribution >= 4 is 17.6 Å². The van der Waals surface area contributed by atoms with Crippen LogP contribution >= 0.6 is 0 Å². The van der Waals surface area contributed by atoms with Gasteiger partial charge in [-0.25, -0.2) is 0 Å². The maximum atomic E-state index is 11.8. The standard InChI is InChI=1S/C13H18N2O3/c1-3-13(2,14)12(18)15-10-6-4-9(5-7-10)8-11(16)17/h4-7H,3,8,14H2,1-2H3,(H,15,18)(H,16,17). The average molecular weight is 250 g/mol. The highest BCUT2D eigenvalue weighted by atomic mass is 16.4. The number of nitrogens with one attached hydrogen (secondary N) is 1. The summed E-state index contributed by atoms with van der Waals surface area (Å²) in [7, 11) is 0. The minimum Gasteiger partial charge on any atom is -0.481 e. The highest BCUT2D eigenvalue weighted by molar-refractivity contribution is 5.97. The Balaban J connectivity index is 2.69. The molecule has 1 rings (SSSR count). The average Bonchev–Trinajstić information content (AvgIpc) is 2.31. The van der Waals surface area contributed by atoms with Gasteiger partial charge in [-0.15, -0.1) is 0 Å². The van der Waals surface area contributed by atoms with Gasteiger partial charge in [-0.1, -0.05) is 19.1 Å². The van der Waals surface area contributed by atoms with Crippen LogP contribution in [0.25, 0.3) is 0 Å². The summed E-state index contributed by atoms with van der Waals surface area (Å²) in [6.45, 7) is 3.51. The Morgan fingerprint density at radius 3 is 2.33 bits per heavy atom. The van der Waals surface area contributed by atoms with E-state index in [9.17, 15) is 9.59 Å². The first-order valence-electron chi connectivity index (χ1n) is 5.76. The number of aliphatic carboxylic acids is 1. The molecule has 1 aromatic rings. The van der Waals surface area contributed by atoms with Crippen LogP contribution in [0.5, 0.6) is 0 Å². The van der Waals surface area contributed by atoms with Gasteiger partial charge in [0.15, 0.2) is 0 Å². The number of carbonyl (C=O) groups excluding carboxylic acids is 1. The molecule has 0 bridgehead atoms. The van der Waals surface area contributed by atoms with Gasteiger partial charge < -0.3 is 16.2 Å². The first kappa shape index (κ1) is 14.2. The van der Waals surface area contributed by atoms with Crippen molar-refractivity contribution in [3.8, 4) is 0 Å². The minimum absolute atomic E-state index is 0.0300. The van der Waals surface area contributed by atoms with E-state index in [1.807, 2.05) is 6.92 Å². The van der Waals surface area contributed by atoms with E-state index < -0.39 is 11.5 Å². The van der Waals surface area contributed by atoms with Crippen molar-refractivity contribution in [2.75, 3.05) is 5.32 Å². The van der Waals surface area contributed by atoms with E-state index in [0.717, 1.165) is 0 Å². The molecule has 1 aromatic carbocycles. The normalized spacial score (nSPS) is 13.7. The zero-order valence-electron chi connectivity index (χ0n) is 10.6. The van der Waals surface area contributed by atoms with Gasteiger partial charge in [0.05, 0.1) is 12.0 Å². The van der Waals surface area contributed by atoms with Crippen LogP contribution in [0.4, 0.5) is 5.69 Å². The number of rotatable bonds is 5. The van der Waals surface area contributed by atoms with Crippen LogP contribution in [0.15, 0.2) is 24.3 Å². The molecule has 1 unspecified atom stereocenters. The molecule has 0 saturated heterocycles. The summed E-state index contributed by atoms with van der Waals surface area (Å²) in [4.78, 5) is 22.3. The summed E-state index contributed by atoms with van der Waals surface area (Å²) in [6, 6.07) is 6.68. The molecule has 0 heterocycles. The zero-order valence-corrected chi connectivity index (χ0v) is 10.6. The number of hydrogen-bond acceptors (Lipinski definition) is 3. The smallest absolute Gasteiger partial charge is 0.307 e. The second kappa shape index (κ2) is 5.64. The van der Waals surface area contributed by atoms with Gasteiger partial charge in [-0.3, -0.25) is 9.59 Å². The van der Waals surface area contributed by atoms with Crippen LogP contribution in [-0.4, -0.2) is 22.5 Å². The molecule has 4 N–H and O–H groups in total. The number of hydrogen-bond donors (Lipinski definition) is 3. The summed E-state index contributed by atoms with van der Waals surface area (Å²) in [5, 5.41) is 11.3. The Labute approximate surface area is 106 Å². The van der Waals surface area contributed by atoms with E-state index in [-0.39, 0.29) is 12.3 Å². The summed E-state index contributed by atoms with van der Waals surface area (Å²) >= 11 is 0. The Bertz CT molecular complexity index is 438. The number of nitrogens with two attached hydrogens (primary N) is 1. The quantitative estimate of drug-likeness (QED) is 0.736. The third kappa shape index (κ3) is 3.85. The molecule has 5 nitrogen and oxygen atoms in total. The van der Waals surface area contributed by atoms with Crippen LogP contribution < -0.4 is 11.1 Å². The number of carboxylic acid groups (broad SMARTS) is 1. The molecule has 1 atom stereocenters. The molecule has 0 aliphatic carbocycles. The lowest BCUT2D eigenvalue weighted by molar-refractivity contribution is -0.136. The largest absolute Gasteiger partial charge is 0.481 e. The molecule has 0 aliphatic rings. The molecular weight excluding hydrogens is 232 g/mol.